The van der Waals surface area contributed by atoms with Crippen LogP contribution in [-0.4, -0.2) is 4.92 Å². The minimum atomic E-state index is -0.904. The number of rotatable bonds is 5. The summed E-state index contributed by atoms with van der Waals surface area (Å²) in [5.74, 6) is -0.233. The highest BCUT2D eigenvalue weighted by Crippen LogP contribution is 2.37. The Balaban J connectivity index is 2.44. The van der Waals surface area contributed by atoms with E-state index in [0.29, 0.717) is 5.75 Å². The second kappa shape index (κ2) is 6.35. The van der Waals surface area contributed by atoms with Gasteiger partial charge in [0.1, 0.15) is 5.75 Å². The molecule has 2 rings (SSSR count). The number of nitrogens with zero attached hydrogens (tertiary/aromatic N) is 1. The van der Waals surface area contributed by atoms with Crippen LogP contribution in [0.15, 0.2) is 42.5 Å². The molecular weight excluding hydrogens is 273 g/mol. The summed E-state index contributed by atoms with van der Waals surface area (Å²) in [7, 11) is 0. The van der Waals surface area contributed by atoms with Crippen molar-refractivity contribution in [1.82, 2.24) is 0 Å². The van der Waals surface area contributed by atoms with Crippen molar-refractivity contribution in [3.8, 4) is 11.5 Å². The Kier molecular flexibility index (Phi) is 4.52. The Labute approximate surface area is 122 Å². The number of hydrogen-bond acceptors (Lipinski definition) is 3. The molecule has 0 saturated carbocycles. The van der Waals surface area contributed by atoms with Crippen LogP contribution in [0.1, 0.15) is 31.7 Å². The summed E-state index contributed by atoms with van der Waals surface area (Å²) < 4.78 is 19.2. The lowest BCUT2D eigenvalue weighted by Crippen LogP contribution is -1.99. The van der Waals surface area contributed by atoms with Gasteiger partial charge in [-0.15, -0.1) is 0 Å². The van der Waals surface area contributed by atoms with Crippen LogP contribution < -0.4 is 4.74 Å². The molecular formula is C16H16FNO3. The molecule has 4 nitrogen and oxygen atoms in total. The first-order valence-electron chi connectivity index (χ1n) is 6.74. The zero-order valence-corrected chi connectivity index (χ0v) is 11.9. The third kappa shape index (κ3) is 3.18. The van der Waals surface area contributed by atoms with Crippen LogP contribution in [-0.2, 0) is 0 Å². The lowest BCUT2D eigenvalue weighted by Gasteiger charge is -2.15. The molecule has 0 bridgehead atoms. The van der Waals surface area contributed by atoms with Gasteiger partial charge in [-0.1, -0.05) is 38.1 Å². The fraction of sp³-hybridized carbons (Fsp3) is 0.250. The maximum absolute atomic E-state index is 13.6. The number of hydrogen-bond donors (Lipinski definition) is 0. The largest absolute Gasteiger partial charge is 0.450 e. The van der Waals surface area contributed by atoms with E-state index in [-0.39, 0.29) is 11.7 Å². The number of para-hydroxylation sites is 2. The molecule has 1 atom stereocenters. The third-order valence-electron chi connectivity index (χ3n) is 3.41. The fourth-order valence-electron chi connectivity index (χ4n) is 2.07. The fourth-order valence-corrected chi connectivity index (χ4v) is 2.07. The topological polar surface area (TPSA) is 52.4 Å². The molecule has 0 amide bonds. The summed E-state index contributed by atoms with van der Waals surface area (Å²) in [4.78, 5) is 10.2. The van der Waals surface area contributed by atoms with Crippen molar-refractivity contribution in [2.75, 3.05) is 0 Å². The standard InChI is InChI=1S/C16H16FNO3/c1-3-11(2)12-7-4-5-9-14(12)21-15-10-6-8-13(17)16(15)18(19)20/h4-11H,3H2,1-2H3. The molecule has 0 fully saturated rings. The molecule has 0 saturated heterocycles. The van der Waals surface area contributed by atoms with E-state index in [1.54, 1.807) is 12.1 Å². The zero-order chi connectivity index (χ0) is 15.4. The van der Waals surface area contributed by atoms with Gasteiger partial charge in [0.2, 0.25) is 11.6 Å². The number of nitro groups is 1. The first-order chi connectivity index (χ1) is 10.0. The quantitative estimate of drug-likeness (QED) is 0.572. The Bertz CT molecular complexity index is 658. The average molecular weight is 289 g/mol. The van der Waals surface area contributed by atoms with E-state index < -0.39 is 16.4 Å². The van der Waals surface area contributed by atoms with E-state index in [4.69, 9.17) is 4.74 Å². The van der Waals surface area contributed by atoms with Crippen molar-refractivity contribution in [2.24, 2.45) is 0 Å². The van der Waals surface area contributed by atoms with Crippen LogP contribution in [0, 0.1) is 15.9 Å². The van der Waals surface area contributed by atoms with Gasteiger partial charge in [0.05, 0.1) is 4.92 Å². The van der Waals surface area contributed by atoms with E-state index in [2.05, 4.69) is 0 Å². The molecule has 0 aliphatic carbocycles. The van der Waals surface area contributed by atoms with Crippen LogP contribution >= 0.6 is 0 Å². The number of nitro benzene ring substituents is 1. The second-order valence-electron chi connectivity index (χ2n) is 4.79. The van der Waals surface area contributed by atoms with Crippen LogP contribution in [0.3, 0.4) is 0 Å². The molecule has 110 valence electrons. The summed E-state index contributed by atoms with van der Waals surface area (Å²) >= 11 is 0. The van der Waals surface area contributed by atoms with E-state index in [9.17, 15) is 14.5 Å². The molecule has 0 aliphatic heterocycles. The highest BCUT2D eigenvalue weighted by Gasteiger charge is 2.22. The summed E-state index contributed by atoms with van der Waals surface area (Å²) in [5.41, 5.74) is 0.301. The number of halogens is 1. The zero-order valence-electron chi connectivity index (χ0n) is 11.9. The van der Waals surface area contributed by atoms with Crippen LogP contribution in [0.25, 0.3) is 0 Å². The predicted molar refractivity (Wildman–Crippen MR) is 78.3 cm³/mol. The predicted octanol–water partition coefficient (Wildman–Crippen LogP) is 5.04. The average Bonchev–Trinajstić information content (AvgIpc) is 2.46. The number of benzene rings is 2. The molecule has 1 unspecified atom stereocenters. The van der Waals surface area contributed by atoms with Gasteiger partial charge in [-0.3, -0.25) is 10.1 Å². The summed E-state index contributed by atoms with van der Waals surface area (Å²) in [5, 5.41) is 11.0. The van der Waals surface area contributed by atoms with E-state index >= 15 is 0 Å². The molecule has 0 heterocycles. The van der Waals surface area contributed by atoms with E-state index in [1.165, 1.54) is 12.1 Å². The molecule has 2 aromatic rings. The Morgan fingerprint density at radius 1 is 1.19 bits per heavy atom. The third-order valence-corrected chi connectivity index (χ3v) is 3.41. The summed E-state index contributed by atoms with van der Waals surface area (Å²) in [6.07, 6.45) is 0.908. The molecule has 0 aliphatic rings. The van der Waals surface area contributed by atoms with Gasteiger partial charge in [-0.05, 0) is 36.1 Å². The van der Waals surface area contributed by atoms with Crippen molar-refractivity contribution >= 4 is 5.69 Å². The normalized spacial score (nSPS) is 12.0. The van der Waals surface area contributed by atoms with Crippen LogP contribution in [0.5, 0.6) is 11.5 Å². The maximum atomic E-state index is 13.6. The van der Waals surface area contributed by atoms with Gasteiger partial charge in [-0.2, -0.15) is 4.39 Å². The van der Waals surface area contributed by atoms with Gasteiger partial charge >= 0.3 is 5.69 Å². The van der Waals surface area contributed by atoms with E-state index in [1.807, 2.05) is 26.0 Å². The van der Waals surface area contributed by atoms with Crippen molar-refractivity contribution in [2.45, 2.75) is 26.2 Å². The lowest BCUT2D eigenvalue weighted by atomic mass is 9.98. The first-order valence-corrected chi connectivity index (χ1v) is 6.74. The minimum Gasteiger partial charge on any atom is -0.450 e. The van der Waals surface area contributed by atoms with Crippen molar-refractivity contribution in [1.29, 1.82) is 0 Å². The highest BCUT2D eigenvalue weighted by molar-refractivity contribution is 5.50. The molecule has 0 aromatic heterocycles. The van der Waals surface area contributed by atoms with Crippen molar-refractivity contribution in [3.05, 3.63) is 64.0 Å². The van der Waals surface area contributed by atoms with Crippen molar-refractivity contribution < 1.29 is 14.1 Å². The maximum Gasteiger partial charge on any atom is 0.346 e. The summed E-state index contributed by atoms with van der Waals surface area (Å²) in [6, 6.07) is 11.1. The second-order valence-corrected chi connectivity index (χ2v) is 4.79. The molecule has 0 radical (unpaired) electrons. The molecule has 2 aromatic carbocycles. The minimum absolute atomic E-state index is 0.0873. The summed E-state index contributed by atoms with van der Waals surface area (Å²) in [6.45, 7) is 4.09. The monoisotopic (exact) mass is 289 g/mol. The molecule has 21 heavy (non-hydrogen) atoms. The molecule has 5 heteroatoms. The van der Waals surface area contributed by atoms with Gasteiger partial charge < -0.3 is 4.74 Å². The number of ether oxygens (including phenoxy) is 1. The van der Waals surface area contributed by atoms with Crippen LogP contribution in [0.4, 0.5) is 10.1 Å². The van der Waals surface area contributed by atoms with Crippen LogP contribution in [0.2, 0.25) is 0 Å². The van der Waals surface area contributed by atoms with Crippen molar-refractivity contribution in [3.63, 3.8) is 0 Å². The highest BCUT2D eigenvalue weighted by atomic mass is 19.1. The first kappa shape index (κ1) is 15.0. The van der Waals surface area contributed by atoms with Gasteiger partial charge in [0.15, 0.2) is 0 Å². The smallest absolute Gasteiger partial charge is 0.346 e. The molecule has 0 spiro atoms. The van der Waals surface area contributed by atoms with Gasteiger partial charge in [0.25, 0.3) is 0 Å². The Morgan fingerprint density at radius 3 is 2.52 bits per heavy atom. The Morgan fingerprint density at radius 2 is 1.86 bits per heavy atom. The molecule has 0 N–H and O–H groups in total. The Hall–Kier alpha value is -2.43. The SMILES string of the molecule is CCC(C)c1ccccc1Oc1cccc(F)c1[N+](=O)[O-]. The lowest BCUT2D eigenvalue weighted by molar-refractivity contribution is -0.388. The van der Waals surface area contributed by atoms with E-state index in [0.717, 1.165) is 18.1 Å². The van der Waals surface area contributed by atoms with Gasteiger partial charge in [-0.25, -0.2) is 0 Å². The van der Waals surface area contributed by atoms with Gasteiger partial charge in [0, 0.05) is 0 Å².